The van der Waals surface area contributed by atoms with Crippen molar-refractivity contribution >= 4 is 40.0 Å². The zero-order chi connectivity index (χ0) is 15.4. The van der Waals surface area contributed by atoms with E-state index >= 15 is 0 Å². The Bertz CT molecular complexity index is 667. The highest BCUT2D eigenvalue weighted by Crippen LogP contribution is 2.28. The summed E-state index contributed by atoms with van der Waals surface area (Å²) in [6.45, 7) is 1.78. The van der Waals surface area contributed by atoms with Crippen LogP contribution in [0.25, 0.3) is 0 Å². The second-order valence-corrected chi connectivity index (χ2v) is 6.50. The molecule has 7 heteroatoms. The van der Waals surface area contributed by atoms with E-state index in [1.54, 1.807) is 19.1 Å². The van der Waals surface area contributed by atoms with Crippen LogP contribution in [0.15, 0.2) is 35.2 Å². The predicted octanol–water partition coefficient (Wildman–Crippen LogP) is 3.62. The maximum atomic E-state index is 12.8. The van der Waals surface area contributed by atoms with Crippen molar-refractivity contribution in [2.24, 2.45) is 0 Å². The van der Waals surface area contributed by atoms with Gasteiger partial charge >= 0.3 is 5.97 Å². The second-order valence-electron chi connectivity index (χ2n) is 4.20. The number of carboxylic acid groups (broad SMARTS) is 1. The topological polar surface area (TPSA) is 66.4 Å². The molecular weight excluding hydrogens is 313 g/mol. The highest BCUT2D eigenvalue weighted by molar-refractivity contribution is 8.00. The van der Waals surface area contributed by atoms with Crippen LogP contribution in [-0.4, -0.2) is 22.7 Å². The van der Waals surface area contributed by atoms with E-state index < -0.39 is 5.97 Å². The van der Waals surface area contributed by atoms with Crippen molar-refractivity contribution < 1.29 is 19.1 Å². The van der Waals surface area contributed by atoms with Crippen LogP contribution in [0.5, 0.6) is 0 Å². The van der Waals surface area contributed by atoms with Crippen molar-refractivity contribution in [2.45, 2.75) is 11.8 Å². The van der Waals surface area contributed by atoms with Crippen molar-refractivity contribution in [3.63, 3.8) is 0 Å². The van der Waals surface area contributed by atoms with E-state index in [1.165, 1.54) is 41.3 Å². The average molecular weight is 325 g/mol. The maximum Gasteiger partial charge on any atom is 0.338 e. The minimum Gasteiger partial charge on any atom is -0.478 e. The standard InChI is InChI=1S/C14H12FNO3S2/c1-8-6-11(14(18)19)13(21-8)16-12(17)7-20-10-4-2-9(15)3-5-10/h2-6H,7H2,1H3,(H,16,17)(H,18,19). The molecule has 0 aliphatic heterocycles. The van der Waals surface area contributed by atoms with Gasteiger partial charge in [-0.25, -0.2) is 9.18 Å². The van der Waals surface area contributed by atoms with Gasteiger partial charge in [-0.2, -0.15) is 0 Å². The first-order valence-corrected chi connectivity index (χ1v) is 7.78. The number of thioether (sulfide) groups is 1. The quantitative estimate of drug-likeness (QED) is 0.824. The molecule has 0 saturated heterocycles. The van der Waals surface area contributed by atoms with E-state index in [0.29, 0.717) is 5.00 Å². The SMILES string of the molecule is Cc1cc(C(=O)O)c(NC(=O)CSc2ccc(F)cc2)s1. The number of carbonyl (C=O) groups is 2. The molecule has 2 N–H and O–H groups in total. The summed E-state index contributed by atoms with van der Waals surface area (Å²) < 4.78 is 12.8. The number of aryl methyl sites for hydroxylation is 1. The number of rotatable bonds is 5. The van der Waals surface area contributed by atoms with Gasteiger partial charge in [0, 0.05) is 9.77 Å². The van der Waals surface area contributed by atoms with Crippen molar-refractivity contribution in [3.8, 4) is 0 Å². The Morgan fingerprint density at radius 2 is 2.00 bits per heavy atom. The molecular formula is C14H12FNO3S2. The van der Waals surface area contributed by atoms with Gasteiger partial charge in [-0.1, -0.05) is 0 Å². The largest absolute Gasteiger partial charge is 0.478 e. The lowest BCUT2D eigenvalue weighted by Crippen LogP contribution is -2.15. The van der Waals surface area contributed by atoms with Gasteiger partial charge in [-0.05, 0) is 37.3 Å². The summed E-state index contributed by atoms with van der Waals surface area (Å²) in [4.78, 5) is 24.5. The molecule has 0 unspecified atom stereocenters. The highest BCUT2D eigenvalue weighted by atomic mass is 32.2. The monoisotopic (exact) mass is 325 g/mol. The smallest absolute Gasteiger partial charge is 0.338 e. The number of hydrogen-bond acceptors (Lipinski definition) is 4. The Kier molecular flexibility index (Phi) is 4.98. The first-order valence-electron chi connectivity index (χ1n) is 5.97. The van der Waals surface area contributed by atoms with Gasteiger partial charge in [-0.15, -0.1) is 23.1 Å². The summed E-state index contributed by atoms with van der Waals surface area (Å²) in [7, 11) is 0. The number of amides is 1. The molecule has 1 heterocycles. The fourth-order valence-corrected chi connectivity index (χ4v) is 3.23. The average Bonchev–Trinajstić information content (AvgIpc) is 2.79. The normalized spacial score (nSPS) is 10.4. The van der Waals surface area contributed by atoms with E-state index in [1.807, 2.05) is 0 Å². The molecule has 0 aliphatic rings. The Morgan fingerprint density at radius 1 is 1.33 bits per heavy atom. The minimum atomic E-state index is -1.07. The lowest BCUT2D eigenvalue weighted by atomic mass is 10.3. The summed E-state index contributed by atoms with van der Waals surface area (Å²) in [6.07, 6.45) is 0. The van der Waals surface area contributed by atoms with Gasteiger partial charge in [0.2, 0.25) is 5.91 Å². The van der Waals surface area contributed by atoms with Crippen molar-refractivity contribution in [1.29, 1.82) is 0 Å². The number of carboxylic acids is 1. The van der Waals surface area contributed by atoms with E-state index in [0.717, 1.165) is 9.77 Å². The Balaban J connectivity index is 1.96. The molecule has 21 heavy (non-hydrogen) atoms. The molecule has 2 aromatic rings. The number of aromatic carboxylic acids is 1. The highest BCUT2D eigenvalue weighted by Gasteiger charge is 2.15. The van der Waals surface area contributed by atoms with E-state index in [9.17, 15) is 14.0 Å². The zero-order valence-corrected chi connectivity index (χ0v) is 12.7. The molecule has 2 rings (SSSR count). The lowest BCUT2D eigenvalue weighted by molar-refractivity contribution is -0.113. The van der Waals surface area contributed by atoms with Crippen LogP contribution in [0.3, 0.4) is 0 Å². The molecule has 4 nitrogen and oxygen atoms in total. The van der Waals surface area contributed by atoms with Gasteiger partial charge in [0.25, 0.3) is 0 Å². The molecule has 110 valence electrons. The summed E-state index contributed by atoms with van der Waals surface area (Å²) in [5.74, 6) is -1.57. The molecule has 0 fully saturated rings. The molecule has 1 aromatic heterocycles. The molecule has 1 amide bonds. The van der Waals surface area contributed by atoms with Crippen LogP contribution < -0.4 is 5.32 Å². The summed E-state index contributed by atoms with van der Waals surface area (Å²) in [5.41, 5.74) is 0.0950. The zero-order valence-electron chi connectivity index (χ0n) is 11.1. The first-order chi connectivity index (χ1) is 9.95. The number of anilines is 1. The number of halogens is 1. The third-order valence-corrected chi connectivity index (χ3v) is 4.50. The van der Waals surface area contributed by atoms with Crippen LogP contribution in [0, 0.1) is 12.7 Å². The van der Waals surface area contributed by atoms with Gasteiger partial charge < -0.3 is 10.4 Å². The second kappa shape index (κ2) is 6.73. The van der Waals surface area contributed by atoms with Crippen molar-refractivity contribution in [3.05, 3.63) is 46.6 Å². The van der Waals surface area contributed by atoms with Gasteiger partial charge in [0.1, 0.15) is 10.8 Å². The predicted molar refractivity (Wildman–Crippen MR) is 81.8 cm³/mol. The van der Waals surface area contributed by atoms with E-state index in [-0.39, 0.29) is 23.0 Å². The molecule has 0 bridgehead atoms. The van der Waals surface area contributed by atoms with Crippen LogP contribution >= 0.6 is 23.1 Å². The summed E-state index contributed by atoms with van der Waals surface area (Å²) in [5, 5.41) is 12.0. The van der Waals surface area contributed by atoms with Crippen LogP contribution in [0.2, 0.25) is 0 Å². The minimum absolute atomic E-state index is 0.0950. The third-order valence-electron chi connectivity index (χ3n) is 2.52. The number of benzene rings is 1. The van der Waals surface area contributed by atoms with E-state index in [4.69, 9.17) is 5.11 Å². The number of thiophene rings is 1. The molecule has 0 atom stereocenters. The molecule has 1 aromatic carbocycles. The Hall–Kier alpha value is -1.86. The third kappa shape index (κ3) is 4.30. The molecule has 0 saturated carbocycles. The Morgan fingerprint density at radius 3 is 2.62 bits per heavy atom. The van der Waals surface area contributed by atoms with Crippen LogP contribution in [0.4, 0.5) is 9.39 Å². The van der Waals surface area contributed by atoms with Crippen LogP contribution in [-0.2, 0) is 4.79 Å². The molecule has 0 aliphatic carbocycles. The first kappa shape index (κ1) is 15.5. The summed E-state index contributed by atoms with van der Waals surface area (Å²) in [6, 6.07) is 7.35. The van der Waals surface area contributed by atoms with Crippen LogP contribution in [0.1, 0.15) is 15.2 Å². The fraction of sp³-hybridized carbons (Fsp3) is 0.143. The van der Waals surface area contributed by atoms with Crippen molar-refractivity contribution in [2.75, 3.05) is 11.1 Å². The molecule has 0 radical (unpaired) electrons. The van der Waals surface area contributed by atoms with Gasteiger partial charge in [0.15, 0.2) is 0 Å². The molecule has 0 spiro atoms. The summed E-state index contributed by atoms with van der Waals surface area (Å²) >= 11 is 2.48. The van der Waals surface area contributed by atoms with Gasteiger partial charge in [-0.3, -0.25) is 4.79 Å². The Labute approximate surface area is 129 Å². The van der Waals surface area contributed by atoms with Crippen molar-refractivity contribution in [1.82, 2.24) is 0 Å². The van der Waals surface area contributed by atoms with E-state index in [2.05, 4.69) is 5.32 Å². The fourth-order valence-electron chi connectivity index (χ4n) is 1.61. The lowest BCUT2D eigenvalue weighted by Gasteiger charge is -2.04. The van der Waals surface area contributed by atoms with Gasteiger partial charge in [0.05, 0.1) is 11.3 Å². The number of carbonyl (C=O) groups excluding carboxylic acids is 1. The number of nitrogens with one attached hydrogen (secondary N) is 1. The maximum absolute atomic E-state index is 12.8. The number of hydrogen-bond donors (Lipinski definition) is 2.